The monoisotopic (exact) mass is 503 g/mol. The van der Waals surface area contributed by atoms with Crippen LogP contribution in [0.25, 0.3) is 17.4 Å². The smallest absolute Gasteiger partial charge is 0.293 e. The largest absolute Gasteiger partial charge is 0.495 e. The molecule has 0 aliphatic carbocycles. The van der Waals surface area contributed by atoms with Crippen LogP contribution in [0.4, 0.5) is 4.79 Å². The van der Waals surface area contributed by atoms with E-state index in [0.29, 0.717) is 44.4 Å². The minimum Gasteiger partial charge on any atom is -0.495 e. The van der Waals surface area contributed by atoms with Crippen molar-refractivity contribution >= 4 is 52.2 Å². The van der Waals surface area contributed by atoms with Gasteiger partial charge in [-0.3, -0.25) is 14.5 Å². The Morgan fingerprint density at radius 1 is 1.06 bits per heavy atom. The van der Waals surface area contributed by atoms with Crippen LogP contribution in [0.2, 0.25) is 10.0 Å². The van der Waals surface area contributed by atoms with Crippen molar-refractivity contribution in [1.82, 2.24) is 4.90 Å². The van der Waals surface area contributed by atoms with Gasteiger partial charge in [0.15, 0.2) is 11.5 Å². The van der Waals surface area contributed by atoms with Crippen LogP contribution in [0.15, 0.2) is 51.8 Å². The summed E-state index contributed by atoms with van der Waals surface area (Å²) in [7, 11) is 1.54. The number of fused-ring (bicyclic) bond motifs is 1. The maximum atomic E-state index is 12.9. The quantitative estimate of drug-likeness (QED) is 0.382. The van der Waals surface area contributed by atoms with Crippen molar-refractivity contribution in [2.24, 2.45) is 0 Å². The molecule has 0 unspecified atom stereocenters. The van der Waals surface area contributed by atoms with Gasteiger partial charge in [0.2, 0.25) is 6.79 Å². The SMILES string of the molecule is COc1ccc(-c2ccc(/C=C3/SC(=O)N(Cc4cc5c(cc4Cl)OCO5)C3=O)o2)cc1Cl. The molecule has 2 amide bonds. The fraction of sp³-hybridized carbons (Fsp3) is 0.130. The van der Waals surface area contributed by atoms with Crippen molar-refractivity contribution in [2.75, 3.05) is 13.9 Å². The molecule has 10 heteroatoms. The number of amides is 2. The number of halogens is 2. The third-order valence-corrected chi connectivity index (χ3v) is 6.63. The van der Waals surface area contributed by atoms with Gasteiger partial charge in [-0.05, 0) is 53.7 Å². The fourth-order valence-electron chi connectivity index (χ4n) is 3.42. The van der Waals surface area contributed by atoms with E-state index in [9.17, 15) is 9.59 Å². The number of thioether (sulfide) groups is 1. The zero-order valence-corrected chi connectivity index (χ0v) is 19.4. The Balaban J connectivity index is 1.35. The van der Waals surface area contributed by atoms with Crippen molar-refractivity contribution in [3.05, 3.63) is 68.7 Å². The molecule has 1 aromatic heterocycles. The summed E-state index contributed by atoms with van der Waals surface area (Å²) in [5.74, 6) is 2.19. The highest BCUT2D eigenvalue weighted by molar-refractivity contribution is 8.18. The van der Waals surface area contributed by atoms with Crippen LogP contribution in [0.1, 0.15) is 11.3 Å². The molecule has 2 aliphatic rings. The highest BCUT2D eigenvalue weighted by atomic mass is 35.5. The number of carbonyl (C=O) groups is 2. The summed E-state index contributed by atoms with van der Waals surface area (Å²) in [6.45, 7) is 0.124. The summed E-state index contributed by atoms with van der Waals surface area (Å²) in [4.78, 5) is 26.8. The third-order valence-electron chi connectivity index (χ3n) is 5.08. The Bertz CT molecular complexity index is 1320. The second-order valence-electron chi connectivity index (χ2n) is 7.12. The third kappa shape index (κ3) is 4.17. The van der Waals surface area contributed by atoms with Crippen molar-refractivity contribution in [1.29, 1.82) is 0 Å². The van der Waals surface area contributed by atoms with E-state index in [1.165, 1.54) is 0 Å². The molecule has 7 nitrogen and oxygen atoms in total. The van der Waals surface area contributed by atoms with Crippen molar-refractivity contribution in [2.45, 2.75) is 6.54 Å². The lowest BCUT2D eigenvalue weighted by Crippen LogP contribution is -2.27. The predicted molar refractivity (Wildman–Crippen MR) is 125 cm³/mol. The summed E-state index contributed by atoms with van der Waals surface area (Å²) in [5, 5.41) is 0.445. The van der Waals surface area contributed by atoms with Crippen LogP contribution < -0.4 is 14.2 Å². The van der Waals surface area contributed by atoms with E-state index in [1.54, 1.807) is 49.6 Å². The van der Waals surface area contributed by atoms with Crippen LogP contribution >= 0.6 is 35.0 Å². The lowest BCUT2D eigenvalue weighted by molar-refractivity contribution is -0.123. The molecule has 33 heavy (non-hydrogen) atoms. The van der Waals surface area contributed by atoms with Crippen LogP contribution in [-0.2, 0) is 11.3 Å². The van der Waals surface area contributed by atoms with Gasteiger partial charge in [0.05, 0.1) is 23.6 Å². The van der Waals surface area contributed by atoms with E-state index in [0.717, 1.165) is 22.2 Å². The van der Waals surface area contributed by atoms with Crippen LogP contribution in [0.3, 0.4) is 0 Å². The van der Waals surface area contributed by atoms with E-state index in [-0.39, 0.29) is 18.2 Å². The van der Waals surface area contributed by atoms with E-state index in [1.807, 2.05) is 6.07 Å². The molecule has 0 N–H and O–H groups in total. The van der Waals surface area contributed by atoms with Gasteiger partial charge in [0.1, 0.15) is 17.3 Å². The van der Waals surface area contributed by atoms with Gasteiger partial charge >= 0.3 is 0 Å². The van der Waals surface area contributed by atoms with E-state index in [2.05, 4.69) is 0 Å². The Morgan fingerprint density at radius 3 is 2.61 bits per heavy atom. The lowest BCUT2D eigenvalue weighted by Gasteiger charge is -2.14. The first kappa shape index (κ1) is 21.8. The first-order valence-corrected chi connectivity index (χ1v) is 11.3. The molecular formula is C23H15Cl2NO6S. The van der Waals surface area contributed by atoms with Gasteiger partial charge in [-0.25, -0.2) is 0 Å². The van der Waals surface area contributed by atoms with Gasteiger partial charge in [-0.2, -0.15) is 0 Å². The Labute approximate surface area is 202 Å². The number of nitrogens with zero attached hydrogens (tertiary/aromatic N) is 1. The molecule has 1 saturated heterocycles. The molecular weight excluding hydrogens is 489 g/mol. The molecule has 1 fully saturated rings. The lowest BCUT2D eigenvalue weighted by atomic mass is 10.1. The zero-order chi connectivity index (χ0) is 23.1. The number of carbonyl (C=O) groups excluding carboxylic acids is 2. The number of hydrogen-bond donors (Lipinski definition) is 0. The molecule has 5 rings (SSSR count). The molecule has 0 bridgehead atoms. The minimum atomic E-state index is -0.427. The molecule has 168 valence electrons. The number of benzene rings is 2. The number of hydrogen-bond acceptors (Lipinski definition) is 7. The highest BCUT2D eigenvalue weighted by Gasteiger charge is 2.36. The summed E-state index contributed by atoms with van der Waals surface area (Å²) < 4.78 is 21.7. The van der Waals surface area contributed by atoms with Crippen LogP contribution in [0, 0.1) is 0 Å². The topological polar surface area (TPSA) is 78.2 Å². The zero-order valence-electron chi connectivity index (χ0n) is 17.1. The Morgan fingerprint density at radius 2 is 1.85 bits per heavy atom. The summed E-state index contributed by atoms with van der Waals surface area (Å²) in [6.07, 6.45) is 1.54. The maximum Gasteiger partial charge on any atom is 0.293 e. The molecule has 3 heterocycles. The van der Waals surface area contributed by atoms with Crippen LogP contribution in [0.5, 0.6) is 17.2 Å². The van der Waals surface area contributed by atoms with Crippen molar-refractivity contribution in [3.8, 4) is 28.6 Å². The number of methoxy groups -OCH3 is 1. The predicted octanol–water partition coefficient (Wildman–Crippen LogP) is 6.23. The standard InChI is InChI=1S/C23H15Cl2NO6S/c1-29-18-4-2-12(6-16(18)25)17-5-3-14(32-17)8-21-22(27)26(23(28)33-21)10-13-7-19-20(9-15(13)24)31-11-30-19/h2-9H,10-11H2,1H3/b21-8+. The van der Waals surface area contributed by atoms with Gasteiger partial charge in [0.25, 0.3) is 11.1 Å². The fourth-order valence-corrected chi connectivity index (χ4v) is 4.71. The Kier molecular flexibility index (Phi) is 5.74. The van der Waals surface area contributed by atoms with Crippen molar-refractivity contribution < 1.29 is 28.2 Å². The highest BCUT2D eigenvalue weighted by Crippen LogP contribution is 2.40. The summed E-state index contributed by atoms with van der Waals surface area (Å²) in [5.41, 5.74) is 1.34. The molecule has 0 spiro atoms. The van der Waals surface area contributed by atoms with E-state index in [4.69, 9.17) is 41.8 Å². The summed E-state index contributed by atoms with van der Waals surface area (Å²) >= 11 is 13.3. The number of furan rings is 1. The molecule has 2 aromatic carbocycles. The van der Waals surface area contributed by atoms with E-state index < -0.39 is 11.1 Å². The molecule has 0 saturated carbocycles. The second-order valence-corrected chi connectivity index (χ2v) is 8.92. The van der Waals surface area contributed by atoms with Gasteiger partial charge in [0, 0.05) is 22.7 Å². The average Bonchev–Trinajstić information content (AvgIpc) is 3.50. The Hall–Kier alpha value is -3.07. The van der Waals surface area contributed by atoms with Crippen molar-refractivity contribution in [3.63, 3.8) is 0 Å². The van der Waals surface area contributed by atoms with Gasteiger partial charge in [-0.1, -0.05) is 23.2 Å². The van der Waals surface area contributed by atoms with E-state index >= 15 is 0 Å². The number of imide groups is 1. The minimum absolute atomic E-state index is 0.0191. The first-order valence-electron chi connectivity index (χ1n) is 9.70. The van der Waals surface area contributed by atoms with Crippen LogP contribution in [-0.4, -0.2) is 29.9 Å². The van der Waals surface area contributed by atoms with Gasteiger partial charge in [-0.15, -0.1) is 0 Å². The molecule has 0 radical (unpaired) electrons. The second kappa shape index (κ2) is 8.70. The summed E-state index contributed by atoms with van der Waals surface area (Å²) in [6, 6.07) is 12.1. The maximum absolute atomic E-state index is 12.9. The number of rotatable bonds is 5. The first-order chi connectivity index (χ1) is 15.9. The van der Waals surface area contributed by atoms with Gasteiger partial charge < -0.3 is 18.6 Å². The molecule has 0 atom stereocenters. The molecule has 3 aromatic rings. The molecule has 2 aliphatic heterocycles. The average molecular weight is 504 g/mol. The number of ether oxygens (including phenoxy) is 3. The normalized spacial score (nSPS) is 16.2.